The Hall–Kier alpha value is -3.19. The summed E-state index contributed by atoms with van der Waals surface area (Å²) in [5, 5.41) is 0. The number of hydrogen-bond acceptors (Lipinski definition) is 3. The van der Waals surface area contributed by atoms with Gasteiger partial charge in [-0.15, -0.1) is 0 Å². The van der Waals surface area contributed by atoms with Gasteiger partial charge in [0, 0.05) is 0 Å². The van der Waals surface area contributed by atoms with Crippen molar-refractivity contribution in [2.45, 2.75) is 13.1 Å². The molecular weight excluding hydrogens is 348 g/mol. The van der Waals surface area contributed by atoms with E-state index >= 15 is 0 Å². The molecule has 6 nitrogen and oxygen atoms in total. The summed E-state index contributed by atoms with van der Waals surface area (Å²) >= 11 is 5.60. The van der Waals surface area contributed by atoms with E-state index in [1.807, 2.05) is 60.7 Å². The smallest absolute Gasteiger partial charge is 0.300 e. The van der Waals surface area contributed by atoms with Crippen molar-refractivity contribution < 1.29 is 0 Å². The van der Waals surface area contributed by atoms with Crippen LogP contribution < -0.4 is 11.2 Å². The average molecular weight is 364 g/mol. The van der Waals surface area contributed by atoms with Crippen LogP contribution in [0.3, 0.4) is 0 Å². The second-order valence-corrected chi connectivity index (χ2v) is 6.40. The number of benzene rings is 2. The van der Waals surface area contributed by atoms with Crippen LogP contribution in [-0.4, -0.2) is 19.1 Å². The lowest BCUT2D eigenvalue weighted by Gasteiger charge is -2.14. The van der Waals surface area contributed by atoms with Gasteiger partial charge in [-0.05, 0) is 23.3 Å². The van der Waals surface area contributed by atoms with Crippen molar-refractivity contribution in [3.8, 4) is 0 Å². The Balaban J connectivity index is 1.94. The molecule has 4 rings (SSSR count). The van der Waals surface area contributed by atoms with Crippen molar-refractivity contribution in [2.24, 2.45) is 0 Å². The molecule has 0 spiro atoms. The molecule has 0 fully saturated rings. The highest BCUT2D eigenvalue weighted by molar-refractivity contribution is 7.71. The third-order valence-corrected chi connectivity index (χ3v) is 4.71. The molecule has 4 aromatic rings. The van der Waals surface area contributed by atoms with E-state index in [2.05, 4.69) is 9.97 Å². The molecule has 0 amide bonds. The SMILES string of the molecule is O=c1[nH]c2c(=O)n(Cc3ccccc3)c(=S)n(Cc3ccccc3)c2[nH]1. The maximum Gasteiger partial charge on any atom is 0.325 e. The third-order valence-electron chi connectivity index (χ3n) is 4.27. The number of fused-ring (bicyclic) bond motifs is 1. The lowest BCUT2D eigenvalue weighted by molar-refractivity contribution is 0.658. The lowest BCUT2D eigenvalue weighted by Crippen LogP contribution is -2.26. The van der Waals surface area contributed by atoms with E-state index in [1.165, 1.54) is 4.57 Å². The van der Waals surface area contributed by atoms with Gasteiger partial charge in [0.1, 0.15) is 5.65 Å². The van der Waals surface area contributed by atoms with Crippen molar-refractivity contribution in [3.05, 3.63) is 97.4 Å². The van der Waals surface area contributed by atoms with Crippen LogP contribution >= 0.6 is 12.2 Å². The molecule has 2 aromatic heterocycles. The minimum absolute atomic E-state index is 0.232. The van der Waals surface area contributed by atoms with E-state index < -0.39 is 5.69 Å². The van der Waals surface area contributed by atoms with Gasteiger partial charge in [-0.1, -0.05) is 60.7 Å². The zero-order valence-corrected chi connectivity index (χ0v) is 14.6. The van der Waals surface area contributed by atoms with Crippen LogP contribution in [0, 0.1) is 4.77 Å². The maximum atomic E-state index is 12.9. The molecule has 7 heteroatoms. The number of aromatic nitrogens is 4. The molecule has 0 bridgehead atoms. The first-order valence-electron chi connectivity index (χ1n) is 8.17. The summed E-state index contributed by atoms with van der Waals surface area (Å²) in [5.41, 5.74) is 1.90. The molecule has 2 heterocycles. The van der Waals surface area contributed by atoms with Crippen molar-refractivity contribution in [1.29, 1.82) is 0 Å². The molecule has 0 saturated heterocycles. The van der Waals surface area contributed by atoms with Gasteiger partial charge in [0.25, 0.3) is 5.56 Å². The molecule has 0 aliphatic carbocycles. The largest absolute Gasteiger partial charge is 0.325 e. The van der Waals surface area contributed by atoms with Gasteiger partial charge in [-0.25, -0.2) is 4.79 Å². The number of rotatable bonds is 4. The number of imidazole rings is 1. The first kappa shape index (κ1) is 16.3. The molecule has 0 aliphatic rings. The maximum absolute atomic E-state index is 12.9. The number of nitrogens with zero attached hydrogens (tertiary/aromatic N) is 2. The molecule has 2 N–H and O–H groups in total. The Kier molecular flexibility index (Phi) is 4.14. The van der Waals surface area contributed by atoms with Crippen LogP contribution in [0.25, 0.3) is 11.2 Å². The summed E-state index contributed by atoms with van der Waals surface area (Å²) in [6.07, 6.45) is 0. The second kappa shape index (κ2) is 6.61. The highest BCUT2D eigenvalue weighted by atomic mass is 32.1. The van der Waals surface area contributed by atoms with E-state index in [0.29, 0.717) is 23.5 Å². The van der Waals surface area contributed by atoms with Crippen molar-refractivity contribution >= 4 is 23.4 Å². The molecule has 130 valence electrons. The summed E-state index contributed by atoms with van der Waals surface area (Å²) < 4.78 is 3.66. The summed E-state index contributed by atoms with van der Waals surface area (Å²) in [7, 11) is 0. The fourth-order valence-corrected chi connectivity index (χ4v) is 3.32. The minimum Gasteiger partial charge on any atom is -0.300 e. The highest BCUT2D eigenvalue weighted by Crippen LogP contribution is 2.11. The predicted octanol–water partition coefficient (Wildman–Crippen LogP) is 2.65. The fraction of sp³-hybridized carbons (Fsp3) is 0.105. The van der Waals surface area contributed by atoms with E-state index in [1.54, 1.807) is 4.57 Å². The summed E-state index contributed by atoms with van der Waals surface area (Å²) in [6.45, 7) is 0.801. The van der Waals surface area contributed by atoms with Crippen molar-refractivity contribution in [2.75, 3.05) is 0 Å². The summed E-state index contributed by atoms with van der Waals surface area (Å²) in [6, 6.07) is 19.4. The number of aromatic amines is 2. The van der Waals surface area contributed by atoms with Crippen LogP contribution in [0.1, 0.15) is 11.1 Å². The summed E-state index contributed by atoms with van der Waals surface area (Å²) in [4.78, 5) is 30.0. The standard InChI is InChI=1S/C19H16N4O2S/c24-17-15-16(21-18(25)20-15)22(11-13-7-3-1-4-8-13)19(26)23(17)12-14-9-5-2-6-10-14/h1-10H,11-12H2,(H2,20,21,25). The fourth-order valence-electron chi connectivity index (χ4n) is 3.01. The first-order chi connectivity index (χ1) is 12.6. The van der Waals surface area contributed by atoms with Crippen LogP contribution in [0.4, 0.5) is 0 Å². The molecule has 0 aliphatic heterocycles. The van der Waals surface area contributed by atoms with E-state index in [4.69, 9.17) is 12.2 Å². The molecule has 0 unspecified atom stereocenters. The molecule has 26 heavy (non-hydrogen) atoms. The Morgan fingerprint density at radius 1 is 0.769 bits per heavy atom. The van der Waals surface area contributed by atoms with Crippen LogP contribution in [0.15, 0.2) is 70.3 Å². The van der Waals surface area contributed by atoms with Gasteiger partial charge >= 0.3 is 5.69 Å². The minimum atomic E-state index is -0.425. The molecule has 2 aromatic carbocycles. The third kappa shape index (κ3) is 2.93. The van der Waals surface area contributed by atoms with Crippen LogP contribution in [0.5, 0.6) is 0 Å². The Morgan fingerprint density at radius 3 is 1.88 bits per heavy atom. The van der Waals surface area contributed by atoms with Crippen molar-refractivity contribution in [1.82, 2.24) is 19.1 Å². The Bertz CT molecular complexity index is 1230. The Morgan fingerprint density at radius 2 is 1.31 bits per heavy atom. The second-order valence-electron chi connectivity index (χ2n) is 6.03. The van der Waals surface area contributed by atoms with Crippen LogP contribution in [0.2, 0.25) is 0 Å². The van der Waals surface area contributed by atoms with Crippen LogP contribution in [-0.2, 0) is 13.1 Å². The van der Waals surface area contributed by atoms with Gasteiger partial charge in [-0.2, -0.15) is 0 Å². The Labute approximate surface area is 153 Å². The number of hydrogen-bond donors (Lipinski definition) is 2. The lowest BCUT2D eigenvalue weighted by atomic mass is 10.2. The normalized spacial score (nSPS) is 11.1. The topological polar surface area (TPSA) is 75.6 Å². The van der Waals surface area contributed by atoms with Gasteiger partial charge < -0.3 is 0 Å². The zero-order valence-electron chi connectivity index (χ0n) is 13.8. The molecule has 0 radical (unpaired) electrons. The van der Waals surface area contributed by atoms with E-state index in [-0.39, 0.29) is 11.1 Å². The molecule has 0 atom stereocenters. The summed E-state index contributed by atoms with van der Waals surface area (Å²) in [5.74, 6) is 0. The van der Waals surface area contributed by atoms with Gasteiger partial charge in [0.15, 0.2) is 10.3 Å². The zero-order chi connectivity index (χ0) is 18.1. The molecular formula is C19H16N4O2S. The first-order valence-corrected chi connectivity index (χ1v) is 8.58. The predicted molar refractivity (Wildman–Crippen MR) is 103 cm³/mol. The average Bonchev–Trinajstić information content (AvgIpc) is 3.06. The monoisotopic (exact) mass is 364 g/mol. The van der Waals surface area contributed by atoms with E-state index in [0.717, 1.165) is 11.1 Å². The highest BCUT2D eigenvalue weighted by Gasteiger charge is 2.14. The van der Waals surface area contributed by atoms with Gasteiger partial charge in [-0.3, -0.25) is 23.9 Å². The molecule has 0 saturated carbocycles. The van der Waals surface area contributed by atoms with Gasteiger partial charge in [0.05, 0.1) is 13.1 Å². The number of nitrogens with one attached hydrogen (secondary N) is 2. The van der Waals surface area contributed by atoms with Gasteiger partial charge in [0.2, 0.25) is 0 Å². The van der Waals surface area contributed by atoms with E-state index in [9.17, 15) is 9.59 Å². The number of H-pyrrole nitrogens is 2. The quantitative estimate of drug-likeness (QED) is 0.547. The van der Waals surface area contributed by atoms with Crippen molar-refractivity contribution in [3.63, 3.8) is 0 Å².